The summed E-state index contributed by atoms with van der Waals surface area (Å²) >= 11 is 0. The highest BCUT2D eigenvalue weighted by Crippen LogP contribution is 2.05. The molecule has 10 heteroatoms. The zero-order chi connectivity index (χ0) is 30.6. The molecule has 0 aromatic carbocycles. The average molecular weight is 559 g/mol. The van der Waals surface area contributed by atoms with Crippen molar-refractivity contribution in [3.05, 3.63) is 50.2 Å². The molecule has 0 amide bonds. The SMILES string of the molecule is C=C(C)C(=O)OCCN(C)C.C=CCOC(=O)C=C.C=CN1CCCC1.CC(O)COC(C)COC(C)CO. The van der Waals surface area contributed by atoms with Crippen LogP contribution in [0.3, 0.4) is 0 Å². The third-order valence-corrected chi connectivity index (χ3v) is 4.52. The van der Waals surface area contributed by atoms with E-state index >= 15 is 0 Å². The summed E-state index contributed by atoms with van der Waals surface area (Å²) in [6.45, 7) is 25.3. The normalized spacial score (nSPS) is 14.0. The third-order valence-electron chi connectivity index (χ3n) is 4.52. The average Bonchev–Trinajstić information content (AvgIpc) is 3.44. The highest BCUT2D eigenvalue weighted by molar-refractivity contribution is 5.86. The van der Waals surface area contributed by atoms with Crippen molar-refractivity contribution in [2.75, 3.05) is 66.8 Å². The van der Waals surface area contributed by atoms with Gasteiger partial charge in [0.15, 0.2) is 0 Å². The molecular formula is C29H54N2O8. The lowest BCUT2D eigenvalue weighted by Crippen LogP contribution is -2.24. The minimum atomic E-state index is -0.447. The zero-order valence-electron chi connectivity index (χ0n) is 25.1. The maximum absolute atomic E-state index is 10.8. The predicted molar refractivity (Wildman–Crippen MR) is 156 cm³/mol. The van der Waals surface area contributed by atoms with Crippen LogP contribution in [0.2, 0.25) is 0 Å². The topological polar surface area (TPSA) is 118 Å². The second-order valence-corrected chi connectivity index (χ2v) is 9.09. The molecule has 0 radical (unpaired) electrons. The van der Waals surface area contributed by atoms with Crippen molar-refractivity contribution in [3.8, 4) is 0 Å². The van der Waals surface area contributed by atoms with Crippen LogP contribution in [0.25, 0.3) is 0 Å². The Labute approximate surface area is 236 Å². The summed E-state index contributed by atoms with van der Waals surface area (Å²) in [5.74, 6) is -0.725. The number of ether oxygens (including phenoxy) is 4. The van der Waals surface area contributed by atoms with Crippen molar-refractivity contribution >= 4 is 11.9 Å². The summed E-state index contributed by atoms with van der Waals surface area (Å²) in [4.78, 5) is 25.2. The summed E-state index contributed by atoms with van der Waals surface area (Å²) in [7, 11) is 3.85. The molecule has 3 atom stereocenters. The molecule has 0 spiro atoms. The summed E-state index contributed by atoms with van der Waals surface area (Å²) in [5, 5.41) is 17.6. The van der Waals surface area contributed by atoms with Crippen LogP contribution in [0, 0.1) is 0 Å². The molecule has 10 nitrogen and oxygen atoms in total. The molecule has 0 aromatic rings. The van der Waals surface area contributed by atoms with Crippen molar-refractivity contribution in [3.63, 3.8) is 0 Å². The van der Waals surface area contributed by atoms with Gasteiger partial charge in [-0.1, -0.05) is 32.4 Å². The molecule has 0 saturated carbocycles. The zero-order valence-corrected chi connectivity index (χ0v) is 25.1. The van der Waals surface area contributed by atoms with Crippen molar-refractivity contribution in [2.45, 2.75) is 58.8 Å². The number of hydrogen-bond acceptors (Lipinski definition) is 10. The van der Waals surface area contributed by atoms with Gasteiger partial charge in [-0.2, -0.15) is 0 Å². The Morgan fingerprint density at radius 2 is 1.56 bits per heavy atom. The summed E-state index contributed by atoms with van der Waals surface area (Å²) in [6.07, 6.45) is 6.59. The van der Waals surface area contributed by atoms with Gasteiger partial charge in [0, 0.05) is 31.3 Å². The Hall–Kier alpha value is -2.50. The number of aliphatic hydroxyl groups excluding tert-OH is 2. The monoisotopic (exact) mass is 558 g/mol. The molecule has 2 N–H and O–H groups in total. The molecule has 1 aliphatic rings. The Bertz CT molecular complexity index is 662. The molecule has 1 saturated heterocycles. The van der Waals surface area contributed by atoms with Crippen molar-refractivity contribution < 1.29 is 38.7 Å². The van der Waals surface area contributed by atoms with Gasteiger partial charge in [0.2, 0.25) is 0 Å². The largest absolute Gasteiger partial charge is 0.461 e. The van der Waals surface area contributed by atoms with Gasteiger partial charge in [-0.15, -0.1) is 0 Å². The number of carbonyl (C=O) groups excluding carboxylic acids is 2. The highest BCUT2D eigenvalue weighted by atomic mass is 16.5. The minimum absolute atomic E-state index is 0.0170. The molecule has 1 heterocycles. The van der Waals surface area contributed by atoms with Crippen LogP contribution >= 0.6 is 0 Å². The summed E-state index contributed by atoms with van der Waals surface area (Å²) < 4.78 is 19.8. The second-order valence-electron chi connectivity index (χ2n) is 9.09. The maximum atomic E-state index is 10.8. The van der Waals surface area contributed by atoms with Gasteiger partial charge >= 0.3 is 11.9 Å². The highest BCUT2D eigenvalue weighted by Gasteiger charge is 2.07. The van der Waals surface area contributed by atoms with E-state index in [1.165, 1.54) is 32.0 Å². The Morgan fingerprint density at radius 1 is 1.00 bits per heavy atom. The maximum Gasteiger partial charge on any atom is 0.333 e. The van der Waals surface area contributed by atoms with Gasteiger partial charge in [-0.05, 0) is 60.8 Å². The van der Waals surface area contributed by atoms with Gasteiger partial charge in [-0.25, -0.2) is 9.59 Å². The number of likely N-dealkylation sites (tertiary alicyclic amines) is 1. The van der Waals surface area contributed by atoms with Crippen LogP contribution in [-0.4, -0.2) is 117 Å². The molecule has 0 aliphatic carbocycles. The fourth-order valence-electron chi connectivity index (χ4n) is 2.27. The van der Waals surface area contributed by atoms with E-state index in [2.05, 4.69) is 36.0 Å². The van der Waals surface area contributed by atoms with E-state index in [0.717, 1.165) is 12.6 Å². The van der Waals surface area contributed by atoms with Crippen LogP contribution in [0.15, 0.2) is 50.2 Å². The van der Waals surface area contributed by atoms with E-state index in [4.69, 9.17) is 24.4 Å². The van der Waals surface area contributed by atoms with Crippen molar-refractivity contribution in [1.29, 1.82) is 0 Å². The van der Waals surface area contributed by atoms with Gasteiger partial charge < -0.3 is 39.0 Å². The number of likely N-dealkylation sites (N-methyl/N-ethyl adjacent to an activating group) is 1. The molecule has 0 aromatic heterocycles. The molecule has 228 valence electrons. The van der Waals surface area contributed by atoms with E-state index < -0.39 is 12.1 Å². The standard InChI is InChI=1S/C9H20O4.C8H15NO2.C6H11N.C6H8O2/c1-7(11)5-12-9(3)6-13-8(2)4-10;1-7(2)8(10)11-6-5-9(3)4;1-2-7-5-3-4-6-7;1-3-5-8-6(7)4-2/h7-11H,4-6H2,1-3H3;1,5-6H2,2-4H3;2H,1,3-6H2;3-4H,1-2,5H2. The lowest BCUT2D eigenvalue weighted by atomic mass is 10.4. The third kappa shape index (κ3) is 33.5. The molecule has 0 bridgehead atoms. The van der Waals surface area contributed by atoms with Gasteiger partial charge in [0.05, 0.1) is 38.1 Å². The Morgan fingerprint density at radius 3 is 1.95 bits per heavy atom. The van der Waals surface area contributed by atoms with Gasteiger partial charge in [-0.3, -0.25) is 0 Å². The van der Waals surface area contributed by atoms with Crippen LogP contribution in [0.5, 0.6) is 0 Å². The Balaban J connectivity index is -0.000000455. The first-order chi connectivity index (χ1) is 18.3. The molecular weight excluding hydrogens is 504 g/mol. The van der Waals surface area contributed by atoms with E-state index in [9.17, 15) is 9.59 Å². The number of nitrogens with zero attached hydrogens (tertiary/aromatic N) is 2. The van der Waals surface area contributed by atoms with Crippen molar-refractivity contribution in [1.82, 2.24) is 9.80 Å². The van der Waals surface area contributed by atoms with Crippen LogP contribution < -0.4 is 0 Å². The van der Waals surface area contributed by atoms with E-state index in [0.29, 0.717) is 25.4 Å². The molecule has 1 fully saturated rings. The smallest absolute Gasteiger partial charge is 0.333 e. The predicted octanol–water partition coefficient (Wildman–Crippen LogP) is 2.96. The minimum Gasteiger partial charge on any atom is -0.461 e. The summed E-state index contributed by atoms with van der Waals surface area (Å²) in [6, 6.07) is 0. The van der Waals surface area contributed by atoms with Crippen molar-refractivity contribution in [2.24, 2.45) is 0 Å². The Kier molecular flexibility index (Phi) is 30.0. The quantitative estimate of drug-likeness (QED) is 0.176. The lowest BCUT2D eigenvalue weighted by molar-refractivity contribution is -0.139. The fraction of sp³-hybridized carbons (Fsp3) is 0.655. The fourth-order valence-corrected chi connectivity index (χ4v) is 2.27. The molecule has 1 aliphatic heterocycles. The first-order valence-corrected chi connectivity index (χ1v) is 13.1. The van der Waals surface area contributed by atoms with Gasteiger partial charge in [0.1, 0.15) is 13.2 Å². The van der Waals surface area contributed by atoms with Crippen LogP contribution in [0.4, 0.5) is 0 Å². The first kappa shape index (κ1) is 41.0. The molecule has 3 unspecified atom stereocenters. The number of esters is 2. The first-order valence-electron chi connectivity index (χ1n) is 13.1. The number of hydrogen-bond donors (Lipinski definition) is 2. The number of aliphatic hydroxyl groups is 2. The number of carbonyl (C=O) groups is 2. The molecule has 1 rings (SSSR count). The molecule has 39 heavy (non-hydrogen) atoms. The van der Waals surface area contributed by atoms with E-state index in [1.54, 1.807) is 20.8 Å². The summed E-state index contributed by atoms with van der Waals surface area (Å²) in [5.41, 5.74) is 0.448. The number of rotatable bonds is 15. The lowest BCUT2D eigenvalue weighted by Gasteiger charge is -2.16. The van der Waals surface area contributed by atoms with E-state index in [1.807, 2.05) is 32.1 Å². The van der Waals surface area contributed by atoms with Gasteiger partial charge in [0.25, 0.3) is 0 Å². The van der Waals surface area contributed by atoms with E-state index in [-0.39, 0.29) is 31.4 Å². The second kappa shape index (κ2) is 28.5. The van der Waals surface area contributed by atoms with Crippen LogP contribution in [0.1, 0.15) is 40.5 Å². The van der Waals surface area contributed by atoms with Crippen LogP contribution in [-0.2, 0) is 28.5 Å².